The Balaban J connectivity index is 2.41. The van der Waals surface area contributed by atoms with Gasteiger partial charge in [-0.3, -0.25) is 4.79 Å². The minimum atomic E-state index is 0.248. The largest absolute Gasteiger partial charge is 0.299 e. The molecule has 0 aliphatic rings. The van der Waals surface area contributed by atoms with Gasteiger partial charge in [-0.15, -0.1) is 11.8 Å². The van der Waals surface area contributed by atoms with Crippen molar-refractivity contribution in [1.29, 1.82) is 0 Å². The summed E-state index contributed by atoms with van der Waals surface area (Å²) in [4.78, 5) is 10.7. The van der Waals surface area contributed by atoms with Crippen molar-refractivity contribution in [3.63, 3.8) is 0 Å². The molecule has 70 valence electrons. The molecule has 1 aromatic carbocycles. The van der Waals surface area contributed by atoms with Gasteiger partial charge in [-0.2, -0.15) is 0 Å². The van der Waals surface area contributed by atoms with Crippen LogP contribution in [0.1, 0.15) is 18.1 Å². The van der Waals surface area contributed by atoms with Gasteiger partial charge in [0.2, 0.25) is 0 Å². The van der Waals surface area contributed by atoms with Gasteiger partial charge >= 0.3 is 0 Å². The third kappa shape index (κ3) is 4.13. The van der Waals surface area contributed by atoms with E-state index >= 15 is 0 Å². The monoisotopic (exact) mass is 194 g/mol. The summed E-state index contributed by atoms with van der Waals surface area (Å²) < 4.78 is 0. The minimum absolute atomic E-state index is 0.248. The number of hydrogen-bond acceptors (Lipinski definition) is 2. The minimum Gasteiger partial charge on any atom is -0.299 e. The van der Waals surface area contributed by atoms with E-state index in [-0.39, 0.29) is 5.78 Å². The van der Waals surface area contributed by atoms with E-state index in [0.29, 0.717) is 5.75 Å². The van der Waals surface area contributed by atoms with Crippen molar-refractivity contribution in [3.05, 3.63) is 35.4 Å². The lowest BCUT2D eigenvalue weighted by Gasteiger charge is -2.00. The molecule has 0 amide bonds. The second-order valence-electron chi connectivity index (χ2n) is 3.18. The van der Waals surface area contributed by atoms with Gasteiger partial charge in [0.15, 0.2) is 0 Å². The first kappa shape index (κ1) is 10.3. The average Bonchev–Trinajstić information content (AvgIpc) is 2.03. The van der Waals surface area contributed by atoms with Gasteiger partial charge in [0.05, 0.1) is 5.75 Å². The highest BCUT2D eigenvalue weighted by Gasteiger charge is 1.96. The van der Waals surface area contributed by atoms with Crippen LogP contribution < -0.4 is 0 Å². The second-order valence-corrected chi connectivity index (χ2v) is 4.17. The third-order valence-corrected chi connectivity index (χ3v) is 2.80. The van der Waals surface area contributed by atoms with Crippen LogP contribution in [0.4, 0.5) is 0 Å². The molecule has 0 atom stereocenters. The molecule has 2 heteroatoms. The highest BCUT2D eigenvalue weighted by atomic mass is 32.2. The number of carbonyl (C=O) groups is 1. The summed E-state index contributed by atoms with van der Waals surface area (Å²) in [5, 5.41) is 0. The molecular weight excluding hydrogens is 180 g/mol. The summed E-state index contributed by atoms with van der Waals surface area (Å²) in [7, 11) is 0. The Hall–Kier alpha value is -0.760. The van der Waals surface area contributed by atoms with E-state index in [1.807, 2.05) is 0 Å². The van der Waals surface area contributed by atoms with Crippen molar-refractivity contribution in [2.75, 3.05) is 5.75 Å². The zero-order valence-corrected chi connectivity index (χ0v) is 8.86. The number of benzene rings is 1. The SMILES string of the molecule is CC(=O)CSCc1cccc(C)c1. The Bertz CT molecular complexity index is 294. The molecule has 1 aromatic rings. The second kappa shape index (κ2) is 5.07. The number of rotatable bonds is 4. The molecule has 0 N–H and O–H groups in total. The first-order valence-electron chi connectivity index (χ1n) is 4.31. The summed E-state index contributed by atoms with van der Waals surface area (Å²) >= 11 is 1.67. The van der Waals surface area contributed by atoms with Crippen LogP contribution in [-0.2, 0) is 10.5 Å². The highest BCUT2D eigenvalue weighted by Crippen LogP contribution is 2.13. The van der Waals surface area contributed by atoms with Crippen LogP contribution in [0, 0.1) is 6.92 Å². The molecule has 0 heterocycles. The first-order valence-corrected chi connectivity index (χ1v) is 5.46. The molecule has 0 saturated carbocycles. The maximum atomic E-state index is 10.7. The number of aryl methyl sites for hydroxylation is 1. The van der Waals surface area contributed by atoms with Crippen molar-refractivity contribution >= 4 is 17.5 Å². The zero-order valence-electron chi connectivity index (χ0n) is 8.04. The van der Waals surface area contributed by atoms with Crippen molar-refractivity contribution in [3.8, 4) is 0 Å². The third-order valence-electron chi connectivity index (χ3n) is 1.66. The lowest BCUT2D eigenvalue weighted by Crippen LogP contribution is -1.93. The quantitative estimate of drug-likeness (QED) is 0.733. The Morgan fingerprint density at radius 3 is 2.85 bits per heavy atom. The Morgan fingerprint density at radius 1 is 1.46 bits per heavy atom. The average molecular weight is 194 g/mol. The molecule has 0 bridgehead atoms. The first-order chi connectivity index (χ1) is 6.18. The number of hydrogen-bond donors (Lipinski definition) is 0. The van der Waals surface area contributed by atoms with Crippen molar-refractivity contribution in [2.24, 2.45) is 0 Å². The lowest BCUT2D eigenvalue weighted by molar-refractivity contribution is -0.114. The van der Waals surface area contributed by atoms with E-state index in [0.717, 1.165) is 5.75 Å². The highest BCUT2D eigenvalue weighted by molar-refractivity contribution is 7.99. The van der Waals surface area contributed by atoms with Crippen molar-refractivity contribution in [2.45, 2.75) is 19.6 Å². The van der Waals surface area contributed by atoms with Crippen molar-refractivity contribution < 1.29 is 4.79 Å². The Labute approximate surface area is 83.5 Å². The van der Waals surface area contributed by atoms with Gasteiger partial charge in [0, 0.05) is 5.75 Å². The Morgan fingerprint density at radius 2 is 2.23 bits per heavy atom. The fraction of sp³-hybridized carbons (Fsp3) is 0.364. The molecule has 0 spiro atoms. The molecule has 13 heavy (non-hydrogen) atoms. The number of carbonyl (C=O) groups excluding carboxylic acids is 1. The van der Waals surface area contributed by atoms with E-state index < -0.39 is 0 Å². The van der Waals surface area contributed by atoms with E-state index in [9.17, 15) is 4.79 Å². The van der Waals surface area contributed by atoms with Crippen LogP contribution in [0.3, 0.4) is 0 Å². The molecule has 1 rings (SSSR count). The lowest BCUT2D eigenvalue weighted by atomic mass is 10.2. The van der Waals surface area contributed by atoms with E-state index in [2.05, 4.69) is 31.2 Å². The summed E-state index contributed by atoms with van der Waals surface area (Å²) in [6.07, 6.45) is 0. The fourth-order valence-electron chi connectivity index (χ4n) is 1.11. The molecule has 0 aromatic heterocycles. The number of Topliss-reactive ketones (excluding diaryl/α,β-unsaturated/α-hetero) is 1. The molecule has 0 aliphatic heterocycles. The van der Waals surface area contributed by atoms with Crippen LogP contribution in [0.5, 0.6) is 0 Å². The Kier molecular flexibility index (Phi) is 4.03. The van der Waals surface area contributed by atoms with Gasteiger partial charge in [-0.05, 0) is 19.4 Å². The summed E-state index contributed by atoms with van der Waals surface area (Å²) in [6, 6.07) is 8.39. The van der Waals surface area contributed by atoms with Gasteiger partial charge in [-0.25, -0.2) is 0 Å². The number of thioether (sulfide) groups is 1. The summed E-state index contributed by atoms with van der Waals surface area (Å²) in [5.74, 6) is 1.80. The van der Waals surface area contributed by atoms with Gasteiger partial charge in [0.1, 0.15) is 5.78 Å². The predicted octanol–water partition coefficient (Wildman–Crippen LogP) is 2.82. The predicted molar refractivity (Wildman–Crippen MR) is 58.0 cm³/mol. The molecule has 1 nitrogen and oxygen atoms in total. The van der Waals surface area contributed by atoms with E-state index in [1.165, 1.54) is 11.1 Å². The summed E-state index contributed by atoms with van der Waals surface area (Å²) in [6.45, 7) is 3.71. The fourth-order valence-corrected chi connectivity index (χ4v) is 1.92. The van der Waals surface area contributed by atoms with E-state index in [4.69, 9.17) is 0 Å². The molecule has 0 saturated heterocycles. The van der Waals surface area contributed by atoms with Crippen LogP contribution in [0.25, 0.3) is 0 Å². The molecule has 0 fully saturated rings. The zero-order chi connectivity index (χ0) is 9.68. The van der Waals surface area contributed by atoms with E-state index in [1.54, 1.807) is 18.7 Å². The standard InChI is InChI=1S/C11H14OS/c1-9-4-3-5-11(6-9)8-13-7-10(2)12/h3-6H,7-8H2,1-2H3. The maximum Gasteiger partial charge on any atom is 0.139 e. The molecule has 0 aliphatic carbocycles. The molecule has 0 radical (unpaired) electrons. The van der Waals surface area contributed by atoms with Gasteiger partial charge in [0.25, 0.3) is 0 Å². The molecular formula is C11H14OS. The summed E-state index contributed by atoms with van der Waals surface area (Å²) in [5.41, 5.74) is 2.58. The van der Waals surface area contributed by atoms with Crippen LogP contribution in [0.2, 0.25) is 0 Å². The van der Waals surface area contributed by atoms with Crippen LogP contribution >= 0.6 is 11.8 Å². The maximum absolute atomic E-state index is 10.7. The topological polar surface area (TPSA) is 17.1 Å². The van der Waals surface area contributed by atoms with Crippen LogP contribution in [0.15, 0.2) is 24.3 Å². The van der Waals surface area contributed by atoms with Crippen molar-refractivity contribution in [1.82, 2.24) is 0 Å². The molecule has 0 unspecified atom stereocenters. The number of ketones is 1. The van der Waals surface area contributed by atoms with Gasteiger partial charge < -0.3 is 0 Å². The van der Waals surface area contributed by atoms with Gasteiger partial charge in [-0.1, -0.05) is 29.8 Å². The normalized spacial score (nSPS) is 10.0. The smallest absolute Gasteiger partial charge is 0.139 e. The van der Waals surface area contributed by atoms with Crippen LogP contribution in [-0.4, -0.2) is 11.5 Å².